The van der Waals surface area contributed by atoms with Crippen LogP contribution in [0.4, 0.5) is 11.4 Å². The number of rotatable bonds is 1. The van der Waals surface area contributed by atoms with Crippen molar-refractivity contribution in [2.75, 3.05) is 4.81 Å². The molecule has 2 aromatic heterocycles. The van der Waals surface area contributed by atoms with E-state index in [9.17, 15) is 0 Å². The van der Waals surface area contributed by atoms with Crippen LogP contribution >= 0.6 is 11.3 Å². The number of hydrogen-bond donors (Lipinski definition) is 0. The van der Waals surface area contributed by atoms with Gasteiger partial charge in [0.25, 0.3) is 0 Å². The Labute approximate surface area is 364 Å². The molecule has 2 nitrogen and oxygen atoms in total. The van der Waals surface area contributed by atoms with Crippen molar-refractivity contribution in [2.45, 2.75) is 96.8 Å². The van der Waals surface area contributed by atoms with Crippen molar-refractivity contribution >= 4 is 82.5 Å². The summed E-state index contributed by atoms with van der Waals surface area (Å²) in [5.41, 5.74) is 22.1. The van der Waals surface area contributed by atoms with E-state index in [-0.39, 0.29) is 28.5 Å². The van der Waals surface area contributed by atoms with Crippen LogP contribution in [0.5, 0.6) is 0 Å². The first-order chi connectivity index (χ1) is 29.1. The maximum atomic E-state index is 2.76. The Morgan fingerprint density at radius 2 is 1.25 bits per heavy atom. The van der Waals surface area contributed by atoms with Crippen molar-refractivity contribution in [1.29, 1.82) is 0 Å². The summed E-state index contributed by atoms with van der Waals surface area (Å²) in [5.74, 6) is 0. The Morgan fingerprint density at radius 3 is 2.02 bits per heavy atom. The van der Waals surface area contributed by atoms with Gasteiger partial charge in [0.2, 0.25) is 0 Å². The Hall–Kier alpha value is -5.58. The maximum absolute atomic E-state index is 2.76. The van der Waals surface area contributed by atoms with Crippen molar-refractivity contribution in [3.63, 3.8) is 0 Å². The quantitative estimate of drug-likeness (QED) is 0.150. The third kappa shape index (κ3) is 4.59. The zero-order valence-corrected chi connectivity index (χ0v) is 37.7. The van der Waals surface area contributed by atoms with E-state index in [0.29, 0.717) is 0 Å². The van der Waals surface area contributed by atoms with E-state index in [1.807, 2.05) is 11.3 Å². The lowest BCUT2D eigenvalue weighted by Gasteiger charge is -2.46. The van der Waals surface area contributed by atoms with Crippen LogP contribution in [0, 0.1) is 0 Å². The summed E-state index contributed by atoms with van der Waals surface area (Å²) >= 11 is 1.92. The number of hydrogen-bond acceptors (Lipinski definition) is 2. The van der Waals surface area contributed by atoms with E-state index < -0.39 is 0 Å². The molecule has 0 bridgehead atoms. The van der Waals surface area contributed by atoms with Crippen molar-refractivity contribution in [2.24, 2.45) is 0 Å². The van der Waals surface area contributed by atoms with E-state index in [2.05, 4.69) is 193 Å². The molecule has 4 heteroatoms. The molecule has 4 heterocycles. The average Bonchev–Trinajstić information content (AvgIpc) is 3.84. The molecule has 0 amide bonds. The van der Waals surface area contributed by atoms with Crippen molar-refractivity contribution in [1.82, 2.24) is 4.57 Å². The zero-order chi connectivity index (χ0) is 41.7. The van der Waals surface area contributed by atoms with Gasteiger partial charge in [-0.05, 0) is 133 Å². The van der Waals surface area contributed by atoms with Gasteiger partial charge >= 0.3 is 6.85 Å². The molecule has 0 unspecified atom stereocenters. The predicted molar refractivity (Wildman–Crippen MR) is 264 cm³/mol. The summed E-state index contributed by atoms with van der Waals surface area (Å²) in [6.45, 7) is 21.7. The molecule has 0 saturated carbocycles. The summed E-state index contributed by atoms with van der Waals surface area (Å²) in [5, 5.41) is 5.38. The molecular weight excluding hydrogens is 756 g/mol. The number of thiophene rings is 1. The largest absolute Gasteiger partial charge is 0.376 e. The fourth-order valence-corrected chi connectivity index (χ4v) is 13.4. The molecule has 0 N–H and O–H groups in total. The first-order valence-electron chi connectivity index (χ1n) is 22.4. The second-order valence-electron chi connectivity index (χ2n) is 21.6. The van der Waals surface area contributed by atoms with Crippen LogP contribution in [0.15, 0.2) is 121 Å². The molecule has 4 aliphatic rings. The van der Waals surface area contributed by atoms with E-state index >= 15 is 0 Å². The van der Waals surface area contributed by atoms with Crippen LogP contribution in [-0.4, -0.2) is 11.4 Å². The first kappa shape index (κ1) is 36.1. The Morgan fingerprint density at radius 1 is 0.541 bits per heavy atom. The van der Waals surface area contributed by atoms with Gasteiger partial charge in [-0.1, -0.05) is 135 Å². The molecule has 9 aromatic rings. The molecule has 0 atom stereocenters. The summed E-state index contributed by atoms with van der Waals surface area (Å²) in [6.07, 6.45) is 2.37. The molecule has 2 aliphatic heterocycles. The van der Waals surface area contributed by atoms with Gasteiger partial charge in [-0.3, -0.25) is 0 Å². The van der Waals surface area contributed by atoms with Gasteiger partial charge in [0.1, 0.15) is 0 Å². The highest BCUT2D eigenvalue weighted by atomic mass is 32.1. The SMILES string of the molecule is CC(C)(C)c1ccc(N2B3c4cc5c(cc4-n4c6cc7c(cc6c6ccc(c3c64)-c3cc4c(cc32)C(C)(C)CCC4(C)C)sc2ccccc27)C(C)(C)c2ccccc2-5)cc1. The topological polar surface area (TPSA) is 8.17 Å². The highest BCUT2D eigenvalue weighted by Gasteiger charge is 2.48. The minimum atomic E-state index is -0.124. The maximum Gasteiger partial charge on any atom is 0.333 e. The predicted octanol–water partition coefficient (Wildman–Crippen LogP) is 14.3. The van der Waals surface area contributed by atoms with E-state index in [1.54, 1.807) is 0 Å². The summed E-state index contributed by atoms with van der Waals surface area (Å²) in [7, 11) is 0. The van der Waals surface area contributed by atoms with E-state index in [4.69, 9.17) is 0 Å². The number of fused-ring (bicyclic) bond motifs is 15. The lowest BCUT2D eigenvalue weighted by molar-refractivity contribution is 0.332. The summed E-state index contributed by atoms with van der Waals surface area (Å²) in [6, 6.07) is 48.2. The van der Waals surface area contributed by atoms with Crippen molar-refractivity contribution in [3.8, 4) is 27.9 Å². The number of benzene rings is 7. The lowest BCUT2D eigenvalue weighted by atomic mass is 9.43. The zero-order valence-electron chi connectivity index (χ0n) is 36.8. The number of nitrogens with zero attached hydrogens (tertiary/aromatic N) is 2. The molecule has 61 heavy (non-hydrogen) atoms. The first-order valence-corrected chi connectivity index (χ1v) is 23.2. The standard InChI is InChI=1S/C57H51BN2S/c1-54(2,3)32-18-20-33(21-19-32)60-48-31-45-44(55(4,5)24-25-56(45,6)7)26-39(48)36-22-23-37-40-29-51-41(35-15-11-13-17-50(35)61-51)28-47(40)59-49-30-43-38(27-46(49)58(60)52(36)53(37)59)34-14-10-12-16-42(34)57(43,8)9/h10-23,26-31H,24-25H2,1-9H3. The minimum Gasteiger partial charge on any atom is -0.376 e. The summed E-state index contributed by atoms with van der Waals surface area (Å²) < 4.78 is 5.40. The van der Waals surface area contributed by atoms with Gasteiger partial charge in [0.05, 0.1) is 11.0 Å². The smallest absolute Gasteiger partial charge is 0.333 e. The van der Waals surface area contributed by atoms with Gasteiger partial charge in [0.15, 0.2) is 0 Å². The number of anilines is 2. The molecule has 13 rings (SSSR count). The lowest BCUT2D eigenvalue weighted by Crippen LogP contribution is -2.60. The molecule has 298 valence electrons. The van der Waals surface area contributed by atoms with Gasteiger partial charge in [-0.25, -0.2) is 0 Å². The van der Waals surface area contributed by atoms with Crippen molar-refractivity contribution < 1.29 is 0 Å². The summed E-state index contributed by atoms with van der Waals surface area (Å²) in [4.78, 5) is 2.76. The van der Waals surface area contributed by atoms with Crippen LogP contribution in [0.3, 0.4) is 0 Å². The third-order valence-electron chi connectivity index (χ3n) is 15.8. The van der Waals surface area contributed by atoms with Gasteiger partial charge < -0.3 is 9.38 Å². The molecular formula is C57H51BN2S. The second kappa shape index (κ2) is 11.5. The Bertz CT molecular complexity index is 3440. The molecule has 0 saturated heterocycles. The average molecular weight is 807 g/mol. The van der Waals surface area contributed by atoms with Gasteiger partial charge in [0, 0.05) is 59.0 Å². The van der Waals surface area contributed by atoms with Crippen LogP contribution in [0.25, 0.3) is 69.9 Å². The van der Waals surface area contributed by atoms with E-state index in [1.165, 1.54) is 133 Å². The van der Waals surface area contributed by atoms with Crippen LogP contribution in [0.2, 0.25) is 0 Å². The fraction of sp³-hybridized carbons (Fsp3) is 0.263. The molecule has 0 fully saturated rings. The second-order valence-corrected chi connectivity index (χ2v) is 22.7. The van der Waals surface area contributed by atoms with Crippen molar-refractivity contribution in [3.05, 3.63) is 149 Å². The van der Waals surface area contributed by atoms with Gasteiger partial charge in [-0.15, -0.1) is 11.3 Å². The minimum absolute atomic E-state index is 0.0283. The van der Waals surface area contributed by atoms with E-state index in [0.717, 1.165) is 0 Å². The monoisotopic (exact) mass is 806 g/mol. The van der Waals surface area contributed by atoms with Gasteiger partial charge in [-0.2, -0.15) is 0 Å². The van der Waals surface area contributed by atoms with Crippen LogP contribution < -0.4 is 15.7 Å². The molecule has 0 radical (unpaired) electrons. The molecule has 0 spiro atoms. The highest BCUT2D eigenvalue weighted by Crippen LogP contribution is 2.55. The molecule has 7 aromatic carbocycles. The van der Waals surface area contributed by atoms with Crippen LogP contribution in [-0.2, 0) is 21.7 Å². The highest BCUT2D eigenvalue weighted by molar-refractivity contribution is 7.25. The fourth-order valence-electron chi connectivity index (χ4n) is 12.3. The Balaban J connectivity index is 1.21. The third-order valence-corrected chi connectivity index (χ3v) is 16.9. The molecule has 2 aliphatic carbocycles. The number of aromatic nitrogens is 1. The van der Waals surface area contributed by atoms with Crippen LogP contribution in [0.1, 0.15) is 103 Å². The normalized spacial score (nSPS) is 17.5. The Kier molecular flexibility index (Phi) is 6.78.